The molecule has 1 amide bonds. The Morgan fingerprint density at radius 1 is 1.08 bits per heavy atom. The SMILES string of the molecule is COc1cccc(OCC(=O)N[C@@H](C)c2ccc3c(c2)CCCC3)c1. The summed E-state index contributed by atoms with van der Waals surface area (Å²) in [6, 6.07) is 13.8. The second kappa shape index (κ2) is 8.06. The van der Waals surface area contributed by atoms with E-state index >= 15 is 0 Å². The van der Waals surface area contributed by atoms with Gasteiger partial charge in [0.2, 0.25) is 0 Å². The van der Waals surface area contributed by atoms with Gasteiger partial charge in [0, 0.05) is 6.07 Å². The first kappa shape index (κ1) is 17.3. The van der Waals surface area contributed by atoms with Gasteiger partial charge in [0.05, 0.1) is 13.2 Å². The van der Waals surface area contributed by atoms with Crippen LogP contribution >= 0.6 is 0 Å². The van der Waals surface area contributed by atoms with E-state index in [1.807, 2.05) is 25.1 Å². The van der Waals surface area contributed by atoms with Gasteiger partial charge in [-0.05, 0) is 61.4 Å². The summed E-state index contributed by atoms with van der Waals surface area (Å²) in [4.78, 5) is 12.2. The second-order valence-corrected chi connectivity index (χ2v) is 6.49. The van der Waals surface area contributed by atoms with Crippen LogP contribution in [0, 0.1) is 0 Å². The molecule has 0 aliphatic heterocycles. The molecule has 3 rings (SSSR count). The zero-order valence-electron chi connectivity index (χ0n) is 14.9. The highest BCUT2D eigenvalue weighted by Crippen LogP contribution is 2.25. The fourth-order valence-corrected chi connectivity index (χ4v) is 3.23. The quantitative estimate of drug-likeness (QED) is 0.870. The molecule has 0 bridgehead atoms. The van der Waals surface area contributed by atoms with Gasteiger partial charge in [-0.3, -0.25) is 4.79 Å². The van der Waals surface area contributed by atoms with Crippen molar-refractivity contribution in [3.63, 3.8) is 0 Å². The molecule has 0 fully saturated rings. The predicted octanol–water partition coefficient (Wildman–Crippen LogP) is 3.83. The number of aryl methyl sites for hydroxylation is 2. The maximum absolute atomic E-state index is 12.2. The van der Waals surface area contributed by atoms with Crippen LogP contribution in [0.25, 0.3) is 0 Å². The monoisotopic (exact) mass is 339 g/mol. The van der Waals surface area contributed by atoms with Crippen LogP contribution in [0.5, 0.6) is 11.5 Å². The van der Waals surface area contributed by atoms with Gasteiger partial charge < -0.3 is 14.8 Å². The van der Waals surface area contributed by atoms with Gasteiger partial charge in [0.15, 0.2) is 6.61 Å². The Labute approximate surface area is 149 Å². The molecule has 0 unspecified atom stereocenters. The summed E-state index contributed by atoms with van der Waals surface area (Å²) >= 11 is 0. The number of nitrogens with one attached hydrogen (secondary N) is 1. The highest BCUT2D eigenvalue weighted by atomic mass is 16.5. The molecule has 0 saturated heterocycles. The molecule has 0 radical (unpaired) electrons. The molecule has 4 nitrogen and oxygen atoms in total. The first-order valence-corrected chi connectivity index (χ1v) is 8.83. The third-order valence-corrected chi connectivity index (χ3v) is 4.66. The van der Waals surface area contributed by atoms with Crippen LogP contribution in [0.15, 0.2) is 42.5 Å². The summed E-state index contributed by atoms with van der Waals surface area (Å²) in [6.45, 7) is 2.00. The normalized spacial score (nSPS) is 14.3. The largest absolute Gasteiger partial charge is 0.497 e. The lowest BCUT2D eigenvalue weighted by atomic mass is 9.89. The molecule has 0 spiro atoms. The molecule has 0 heterocycles. The molecular weight excluding hydrogens is 314 g/mol. The smallest absolute Gasteiger partial charge is 0.258 e. The van der Waals surface area contributed by atoms with Gasteiger partial charge in [0.25, 0.3) is 5.91 Å². The minimum atomic E-state index is -0.131. The van der Waals surface area contributed by atoms with Crippen LogP contribution in [0.1, 0.15) is 42.5 Å². The van der Waals surface area contributed by atoms with Crippen molar-refractivity contribution in [1.82, 2.24) is 5.32 Å². The van der Waals surface area contributed by atoms with Crippen molar-refractivity contribution in [2.75, 3.05) is 13.7 Å². The molecule has 1 aliphatic carbocycles. The standard InChI is InChI=1S/C21H25NO3/c1-15(17-11-10-16-6-3-4-7-18(16)12-17)22-21(23)14-25-20-9-5-8-19(13-20)24-2/h5,8-13,15H,3-4,6-7,14H2,1-2H3,(H,22,23)/t15-/m0/s1. The van der Waals surface area contributed by atoms with Crippen molar-refractivity contribution >= 4 is 5.91 Å². The van der Waals surface area contributed by atoms with Crippen LogP contribution < -0.4 is 14.8 Å². The third kappa shape index (κ3) is 4.53. The number of benzene rings is 2. The number of ether oxygens (including phenoxy) is 2. The number of carbonyl (C=O) groups is 1. The van der Waals surface area contributed by atoms with Crippen LogP contribution in [-0.4, -0.2) is 19.6 Å². The lowest BCUT2D eigenvalue weighted by Gasteiger charge is -2.20. The van der Waals surface area contributed by atoms with Gasteiger partial charge in [-0.15, -0.1) is 0 Å². The van der Waals surface area contributed by atoms with Gasteiger partial charge in [-0.1, -0.05) is 24.3 Å². The van der Waals surface area contributed by atoms with Crippen molar-refractivity contribution in [3.05, 3.63) is 59.2 Å². The third-order valence-electron chi connectivity index (χ3n) is 4.66. The lowest BCUT2D eigenvalue weighted by Crippen LogP contribution is -2.31. The summed E-state index contributed by atoms with van der Waals surface area (Å²) in [7, 11) is 1.60. The molecule has 1 aliphatic rings. The molecule has 2 aromatic rings. The number of rotatable bonds is 6. The Kier molecular flexibility index (Phi) is 5.59. The second-order valence-electron chi connectivity index (χ2n) is 6.49. The molecule has 132 valence electrons. The summed E-state index contributed by atoms with van der Waals surface area (Å²) in [6.07, 6.45) is 4.85. The van der Waals surface area contributed by atoms with E-state index in [0.717, 1.165) is 12.0 Å². The summed E-state index contributed by atoms with van der Waals surface area (Å²) < 4.78 is 10.7. The molecular formula is C21H25NO3. The van der Waals surface area contributed by atoms with E-state index in [1.54, 1.807) is 13.2 Å². The van der Waals surface area contributed by atoms with E-state index in [-0.39, 0.29) is 18.6 Å². The summed E-state index contributed by atoms with van der Waals surface area (Å²) in [5, 5.41) is 3.01. The van der Waals surface area contributed by atoms with Crippen LogP contribution in [-0.2, 0) is 17.6 Å². The summed E-state index contributed by atoms with van der Waals surface area (Å²) in [5.41, 5.74) is 4.03. The van der Waals surface area contributed by atoms with Crippen LogP contribution in [0.4, 0.5) is 0 Å². The van der Waals surface area contributed by atoms with Crippen LogP contribution in [0.3, 0.4) is 0 Å². The number of hydrogen-bond donors (Lipinski definition) is 1. The summed E-state index contributed by atoms with van der Waals surface area (Å²) in [5.74, 6) is 1.20. The molecule has 4 heteroatoms. The highest BCUT2D eigenvalue weighted by Gasteiger charge is 2.14. The zero-order chi connectivity index (χ0) is 17.6. The number of carbonyl (C=O) groups excluding carboxylic acids is 1. The number of fused-ring (bicyclic) bond motifs is 1. The van der Waals surface area contributed by atoms with E-state index < -0.39 is 0 Å². The Bertz CT molecular complexity index is 742. The fourth-order valence-electron chi connectivity index (χ4n) is 3.23. The molecule has 0 aromatic heterocycles. The van der Waals surface area contributed by atoms with Crippen molar-refractivity contribution in [1.29, 1.82) is 0 Å². The number of methoxy groups -OCH3 is 1. The molecule has 25 heavy (non-hydrogen) atoms. The van der Waals surface area contributed by atoms with E-state index in [4.69, 9.17) is 9.47 Å². The molecule has 0 saturated carbocycles. The van der Waals surface area contributed by atoms with Gasteiger partial charge in [-0.2, -0.15) is 0 Å². The average molecular weight is 339 g/mol. The number of hydrogen-bond acceptors (Lipinski definition) is 3. The maximum Gasteiger partial charge on any atom is 0.258 e. The van der Waals surface area contributed by atoms with Gasteiger partial charge in [-0.25, -0.2) is 0 Å². The molecule has 1 atom stereocenters. The van der Waals surface area contributed by atoms with E-state index in [1.165, 1.54) is 30.4 Å². The van der Waals surface area contributed by atoms with Crippen LogP contribution in [0.2, 0.25) is 0 Å². The topological polar surface area (TPSA) is 47.6 Å². The van der Waals surface area contributed by atoms with Crippen molar-refractivity contribution in [2.45, 2.75) is 38.6 Å². The van der Waals surface area contributed by atoms with E-state index in [9.17, 15) is 4.79 Å². The Balaban J connectivity index is 1.55. The first-order valence-electron chi connectivity index (χ1n) is 8.83. The van der Waals surface area contributed by atoms with Crippen molar-refractivity contribution in [2.24, 2.45) is 0 Å². The minimum absolute atomic E-state index is 0.0115. The Hall–Kier alpha value is -2.49. The van der Waals surface area contributed by atoms with Gasteiger partial charge in [0.1, 0.15) is 11.5 Å². The Morgan fingerprint density at radius 3 is 2.64 bits per heavy atom. The van der Waals surface area contributed by atoms with Crippen molar-refractivity contribution in [3.8, 4) is 11.5 Å². The average Bonchev–Trinajstić information content (AvgIpc) is 2.66. The fraction of sp³-hybridized carbons (Fsp3) is 0.381. The van der Waals surface area contributed by atoms with Gasteiger partial charge >= 0.3 is 0 Å². The van der Waals surface area contributed by atoms with E-state index in [2.05, 4.69) is 23.5 Å². The molecule has 1 N–H and O–H groups in total. The lowest BCUT2D eigenvalue weighted by molar-refractivity contribution is -0.123. The first-order chi connectivity index (χ1) is 12.2. The zero-order valence-corrected chi connectivity index (χ0v) is 14.9. The highest BCUT2D eigenvalue weighted by molar-refractivity contribution is 5.78. The number of amides is 1. The van der Waals surface area contributed by atoms with E-state index in [0.29, 0.717) is 11.5 Å². The maximum atomic E-state index is 12.2. The molecule has 2 aromatic carbocycles. The Morgan fingerprint density at radius 2 is 1.84 bits per heavy atom. The minimum Gasteiger partial charge on any atom is -0.497 e. The van der Waals surface area contributed by atoms with Crippen molar-refractivity contribution < 1.29 is 14.3 Å². The predicted molar refractivity (Wildman–Crippen MR) is 98.1 cm³/mol.